The minimum absolute atomic E-state index is 0.00351. The van der Waals surface area contributed by atoms with Gasteiger partial charge in [0.2, 0.25) is 11.8 Å². The Morgan fingerprint density at radius 3 is 2.53 bits per heavy atom. The lowest BCUT2D eigenvalue weighted by Gasteiger charge is -2.33. The van der Waals surface area contributed by atoms with Crippen molar-refractivity contribution in [3.8, 4) is 5.75 Å². The van der Waals surface area contributed by atoms with Gasteiger partial charge >= 0.3 is 0 Å². The zero-order chi connectivity index (χ0) is 21.1. The molecule has 2 aromatic rings. The molecule has 2 fully saturated rings. The summed E-state index contributed by atoms with van der Waals surface area (Å²) >= 11 is 0. The highest BCUT2D eigenvalue weighted by molar-refractivity contribution is 6.01. The van der Waals surface area contributed by atoms with Gasteiger partial charge in [-0.25, -0.2) is 0 Å². The maximum absolute atomic E-state index is 13.1. The molecule has 2 aliphatic rings. The largest absolute Gasteiger partial charge is 0.495 e. The molecule has 4 rings (SSSR count). The molecule has 2 saturated heterocycles. The Balaban J connectivity index is 1.36. The first kappa shape index (κ1) is 20.5. The first-order valence-electron chi connectivity index (χ1n) is 10.8. The van der Waals surface area contributed by atoms with Gasteiger partial charge in [0.1, 0.15) is 5.75 Å². The fourth-order valence-electron chi connectivity index (χ4n) is 4.68. The number of carbonyl (C=O) groups excluding carboxylic acids is 2. The summed E-state index contributed by atoms with van der Waals surface area (Å²) in [6.07, 6.45) is 3.40. The third kappa shape index (κ3) is 4.35. The molecule has 2 aliphatic heterocycles. The molecule has 30 heavy (non-hydrogen) atoms. The number of hydrogen-bond acceptors (Lipinski definition) is 3. The van der Waals surface area contributed by atoms with Crippen molar-refractivity contribution in [1.29, 1.82) is 0 Å². The van der Waals surface area contributed by atoms with Crippen molar-refractivity contribution in [2.75, 3.05) is 31.6 Å². The van der Waals surface area contributed by atoms with Gasteiger partial charge in [-0.05, 0) is 55.4 Å². The second-order valence-corrected chi connectivity index (χ2v) is 8.54. The van der Waals surface area contributed by atoms with Crippen LogP contribution in [0, 0.1) is 18.8 Å². The van der Waals surface area contributed by atoms with E-state index < -0.39 is 0 Å². The summed E-state index contributed by atoms with van der Waals surface area (Å²) in [6.45, 7) is 4.00. The molecule has 5 nitrogen and oxygen atoms in total. The molecule has 0 aliphatic carbocycles. The molecule has 158 valence electrons. The Morgan fingerprint density at radius 1 is 1.10 bits per heavy atom. The molecule has 2 heterocycles. The van der Waals surface area contributed by atoms with Gasteiger partial charge in [-0.2, -0.15) is 0 Å². The van der Waals surface area contributed by atoms with Crippen LogP contribution in [-0.4, -0.2) is 43.5 Å². The van der Waals surface area contributed by atoms with Crippen molar-refractivity contribution in [2.24, 2.45) is 11.8 Å². The maximum Gasteiger partial charge on any atom is 0.228 e. The monoisotopic (exact) mass is 406 g/mol. The van der Waals surface area contributed by atoms with Crippen LogP contribution in [0.2, 0.25) is 0 Å². The smallest absolute Gasteiger partial charge is 0.228 e. The Morgan fingerprint density at radius 2 is 1.83 bits per heavy atom. The fraction of sp³-hybridized carbons (Fsp3) is 0.440. The number of methoxy groups -OCH3 is 1. The number of hydrogen-bond donors (Lipinski definition) is 0. The number of benzene rings is 2. The molecule has 0 bridgehead atoms. The van der Waals surface area contributed by atoms with Crippen molar-refractivity contribution < 1.29 is 14.3 Å². The van der Waals surface area contributed by atoms with E-state index in [1.54, 1.807) is 12.0 Å². The molecular weight excluding hydrogens is 376 g/mol. The van der Waals surface area contributed by atoms with Gasteiger partial charge in [-0.1, -0.05) is 36.4 Å². The van der Waals surface area contributed by atoms with Gasteiger partial charge in [0, 0.05) is 26.1 Å². The predicted octanol–water partition coefficient (Wildman–Crippen LogP) is 3.84. The quantitative estimate of drug-likeness (QED) is 0.758. The Labute approximate surface area is 178 Å². The Hall–Kier alpha value is -2.82. The van der Waals surface area contributed by atoms with Gasteiger partial charge in [0.15, 0.2) is 0 Å². The second-order valence-electron chi connectivity index (χ2n) is 8.54. The average molecular weight is 407 g/mol. The number of ether oxygens (including phenoxy) is 1. The van der Waals surface area contributed by atoms with E-state index in [1.165, 1.54) is 5.56 Å². The van der Waals surface area contributed by atoms with Crippen LogP contribution in [0.5, 0.6) is 5.75 Å². The highest BCUT2D eigenvalue weighted by Gasteiger charge is 2.39. The number of rotatable bonds is 5. The van der Waals surface area contributed by atoms with E-state index in [0.717, 1.165) is 43.6 Å². The van der Waals surface area contributed by atoms with E-state index in [-0.39, 0.29) is 24.2 Å². The standard InChI is InChI=1S/C25H30N2O3/c1-18-8-9-23(30-2)22(14-18)27-17-21(16-24(27)28)25(29)26-12-10-20(11-13-26)15-19-6-4-3-5-7-19/h3-9,14,20-21H,10-13,15-17H2,1-2H3. The minimum atomic E-state index is -0.270. The third-order valence-corrected chi connectivity index (χ3v) is 6.39. The zero-order valence-electron chi connectivity index (χ0n) is 17.8. The van der Waals surface area contributed by atoms with Crippen LogP contribution < -0.4 is 9.64 Å². The first-order chi connectivity index (χ1) is 14.5. The van der Waals surface area contributed by atoms with Crippen LogP contribution in [0.3, 0.4) is 0 Å². The van der Waals surface area contributed by atoms with E-state index in [2.05, 4.69) is 24.3 Å². The summed E-state index contributed by atoms with van der Waals surface area (Å²) in [6, 6.07) is 16.4. The number of anilines is 1. The van der Waals surface area contributed by atoms with Gasteiger partial charge in [0.05, 0.1) is 18.7 Å². The Kier molecular flexibility index (Phi) is 6.07. The van der Waals surface area contributed by atoms with Crippen LogP contribution in [0.4, 0.5) is 5.69 Å². The molecule has 0 N–H and O–H groups in total. The number of likely N-dealkylation sites (tertiary alicyclic amines) is 1. The summed E-state index contributed by atoms with van der Waals surface area (Å²) in [4.78, 5) is 29.5. The van der Waals surface area contributed by atoms with Crippen LogP contribution in [0.1, 0.15) is 30.4 Å². The van der Waals surface area contributed by atoms with Gasteiger partial charge in [-0.3, -0.25) is 9.59 Å². The molecule has 0 radical (unpaired) electrons. The summed E-state index contributed by atoms with van der Waals surface area (Å²) in [5, 5.41) is 0. The van der Waals surface area contributed by atoms with E-state index in [0.29, 0.717) is 18.2 Å². The molecule has 2 aromatic carbocycles. The van der Waals surface area contributed by atoms with E-state index in [1.807, 2.05) is 36.1 Å². The van der Waals surface area contributed by atoms with Crippen molar-refractivity contribution in [3.63, 3.8) is 0 Å². The summed E-state index contributed by atoms with van der Waals surface area (Å²) in [5.41, 5.74) is 3.19. The van der Waals surface area contributed by atoms with Crippen molar-refractivity contribution in [1.82, 2.24) is 4.90 Å². The lowest BCUT2D eigenvalue weighted by Crippen LogP contribution is -2.42. The second kappa shape index (κ2) is 8.90. The fourth-order valence-corrected chi connectivity index (χ4v) is 4.68. The molecule has 1 atom stereocenters. The molecule has 0 aromatic heterocycles. The molecule has 0 spiro atoms. The third-order valence-electron chi connectivity index (χ3n) is 6.39. The number of aryl methyl sites for hydroxylation is 1. The maximum atomic E-state index is 13.1. The summed E-state index contributed by atoms with van der Waals surface area (Å²) in [5.74, 6) is 1.14. The number of amides is 2. The number of piperidine rings is 1. The predicted molar refractivity (Wildman–Crippen MR) is 118 cm³/mol. The first-order valence-corrected chi connectivity index (χ1v) is 10.8. The summed E-state index contributed by atoms with van der Waals surface area (Å²) in [7, 11) is 1.61. The molecule has 1 unspecified atom stereocenters. The lowest BCUT2D eigenvalue weighted by atomic mass is 9.89. The van der Waals surface area contributed by atoms with E-state index in [9.17, 15) is 9.59 Å². The zero-order valence-corrected chi connectivity index (χ0v) is 17.8. The number of carbonyl (C=O) groups is 2. The van der Waals surface area contributed by atoms with E-state index >= 15 is 0 Å². The van der Waals surface area contributed by atoms with E-state index in [4.69, 9.17) is 4.74 Å². The highest BCUT2D eigenvalue weighted by Crippen LogP contribution is 2.35. The molecule has 0 saturated carbocycles. The van der Waals surface area contributed by atoms with Crippen molar-refractivity contribution in [2.45, 2.75) is 32.6 Å². The van der Waals surface area contributed by atoms with Gasteiger partial charge in [0.25, 0.3) is 0 Å². The van der Waals surface area contributed by atoms with Gasteiger partial charge in [-0.15, -0.1) is 0 Å². The minimum Gasteiger partial charge on any atom is -0.495 e. The molecular formula is C25H30N2O3. The molecule has 2 amide bonds. The lowest BCUT2D eigenvalue weighted by molar-refractivity contribution is -0.137. The van der Waals surface area contributed by atoms with Crippen molar-refractivity contribution in [3.05, 3.63) is 59.7 Å². The highest BCUT2D eigenvalue weighted by atomic mass is 16.5. The normalized spacial score (nSPS) is 19.9. The van der Waals surface area contributed by atoms with Crippen molar-refractivity contribution >= 4 is 17.5 Å². The van der Waals surface area contributed by atoms with Crippen LogP contribution >= 0.6 is 0 Å². The van der Waals surface area contributed by atoms with Gasteiger partial charge < -0.3 is 14.5 Å². The van der Waals surface area contributed by atoms with Crippen LogP contribution in [0.25, 0.3) is 0 Å². The summed E-state index contributed by atoms with van der Waals surface area (Å²) < 4.78 is 5.44. The Bertz CT molecular complexity index is 904. The average Bonchev–Trinajstić information content (AvgIpc) is 3.16. The molecule has 5 heteroatoms. The van der Waals surface area contributed by atoms with Crippen LogP contribution in [-0.2, 0) is 16.0 Å². The number of nitrogens with zero attached hydrogens (tertiary/aromatic N) is 2. The SMILES string of the molecule is COc1ccc(C)cc1N1CC(C(=O)N2CCC(Cc3ccccc3)CC2)CC1=O. The topological polar surface area (TPSA) is 49.9 Å². The van der Waals surface area contributed by atoms with Crippen LogP contribution in [0.15, 0.2) is 48.5 Å².